The Bertz CT molecular complexity index is 520. The molecule has 4 bridgehead atoms. The van der Waals surface area contributed by atoms with Gasteiger partial charge in [0.05, 0.1) is 6.42 Å². The van der Waals surface area contributed by atoms with E-state index in [2.05, 4.69) is 30.3 Å². The molecule has 2 nitrogen and oxygen atoms in total. The van der Waals surface area contributed by atoms with Crippen molar-refractivity contribution < 1.29 is 9.90 Å². The average Bonchev–Trinajstić information content (AvgIpc) is 2.36. The molecule has 4 fully saturated rings. The smallest absolute Gasteiger partial charge is 0.303 e. The third kappa shape index (κ3) is 1.81. The second kappa shape index (κ2) is 4.09. The van der Waals surface area contributed by atoms with Gasteiger partial charge in [0.15, 0.2) is 0 Å². The molecule has 2 atom stereocenters. The fourth-order valence-electron chi connectivity index (χ4n) is 6.11. The van der Waals surface area contributed by atoms with E-state index in [0.717, 1.165) is 31.1 Å². The zero-order valence-electron chi connectivity index (χ0n) is 11.8. The molecule has 20 heavy (non-hydrogen) atoms. The summed E-state index contributed by atoms with van der Waals surface area (Å²) in [6.07, 6.45) is 7.71. The number of carbonyl (C=O) groups is 1. The molecule has 0 heterocycles. The number of rotatable bonds is 3. The number of carboxylic acids is 1. The third-order valence-corrected chi connectivity index (χ3v) is 6.09. The van der Waals surface area contributed by atoms with Crippen molar-refractivity contribution in [2.24, 2.45) is 17.3 Å². The molecule has 2 heteroatoms. The highest BCUT2D eigenvalue weighted by Gasteiger charge is 2.58. The van der Waals surface area contributed by atoms with E-state index in [0.29, 0.717) is 6.42 Å². The van der Waals surface area contributed by atoms with Gasteiger partial charge in [-0.15, -0.1) is 0 Å². The predicted molar refractivity (Wildman–Crippen MR) is 77.5 cm³/mol. The van der Waals surface area contributed by atoms with E-state index in [9.17, 15) is 9.90 Å². The molecule has 0 unspecified atom stereocenters. The Morgan fingerprint density at radius 2 is 1.75 bits per heavy atom. The maximum atomic E-state index is 11.3. The van der Waals surface area contributed by atoms with Gasteiger partial charge in [0.1, 0.15) is 0 Å². The Labute approximate surface area is 120 Å². The minimum absolute atomic E-state index is 0.0890. The van der Waals surface area contributed by atoms with Gasteiger partial charge < -0.3 is 5.11 Å². The minimum atomic E-state index is -0.602. The fourth-order valence-corrected chi connectivity index (χ4v) is 6.11. The van der Waals surface area contributed by atoms with Crippen LogP contribution in [0.1, 0.15) is 50.5 Å². The Balaban J connectivity index is 1.74. The summed E-state index contributed by atoms with van der Waals surface area (Å²) in [6, 6.07) is 10.9. The van der Waals surface area contributed by atoms with Crippen molar-refractivity contribution in [3.05, 3.63) is 35.9 Å². The van der Waals surface area contributed by atoms with Crippen LogP contribution in [0.15, 0.2) is 30.3 Å². The Morgan fingerprint density at radius 3 is 2.35 bits per heavy atom. The maximum Gasteiger partial charge on any atom is 0.303 e. The summed E-state index contributed by atoms with van der Waals surface area (Å²) in [5.74, 6) is 0.918. The van der Waals surface area contributed by atoms with Gasteiger partial charge in [-0.3, -0.25) is 4.79 Å². The summed E-state index contributed by atoms with van der Waals surface area (Å²) in [6.45, 7) is 0. The van der Waals surface area contributed by atoms with Crippen LogP contribution in [0.3, 0.4) is 0 Å². The van der Waals surface area contributed by atoms with Gasteiger partial charge in [-0.05, 0) is 66.8 Å². The number of carboxylic acid groups (broad SMARTS) is 1. The van der Waals surface area contributed by atoms with Crippen molar-refractivity contribution >= 4 is 5.97 Å². The first-order valence-electron chi connectivity index (χ1n) is 7.87. The van der Waals surface area contributed by atoms with Gasteiger partial charge in [-0.25, -0.2) is 0 Å². The van der Waals surface area contributed by atoms with Gasteiger partial charge >= 0.3 is 5.97 Å². The molecule has 4 saturated carbocycles. The van der Waals surface area contributed by atoms with Crippen molar-refractivity contribution in [1.29, 1.82) is 0 Å². The molecular formula is C18H22O2. The van der Waals surface area contributed by atoms with Crippen LogP contribution >= 0.6 is 0 Å². The lowest BCUT2D eigenvalue weighted by atomic mass is 9.42. The van der Waals surface area contributed by atoms with Crippen LogP contribution in [0.2, 0.25) is 0 Å². The standard InChI is InChI=1S/C18H22O2/c19-16(20)11-17-7-13-6-14(8-17)10-18(9-13,12-17)15-4-2-1-3-5-15/h1-5,13-14H,6-12H2,(H,19,20)/t13-,14-,17?,18?/m0/s1. The van der Waals surface area contributed by atoms with E-state index in [1.54, 1.807) is 0 Å². The van der Waals surface area contributed by atoms with Crippen LogP contribution in [0.25, 0.3) is 0 Å². The summed E-state index contributed by atoms with van der Waals surface area (Å²) in [7, 11) is 0. The van der Waals surface area contributed by atoms with Gasteiger partial charge in [0, 0.05) is 0 Å². The molecule has 1 aromatic rings. The van der Waals surface area contributed by atoms with Crippen molar-refractivity contribution in [3.8, 4) is 0 Å². The van der Waals surface area contributed by atoms with Crippen molar-refractivity contribution in [2.75, 3.05) is 0 Å². The number of hydrogen-bond donors (Lipinski definition) is 1. The van der Waals surface area contributed by atoms with E-state index in [-0.39, 0.29) is 10.8 Å². The lowest BCUT2D eigenvalue weighted by molar-refractivity contribution is -0.146. The van der Waals surface area contributed by atoms with Crippen LogP contribution in [-0.2, 0) is 10.2 Å². The zero-order chi connectivity index (χ0) is 13.8. The second-order valence-electron chi connectivity index (χ2n) is 7.68. The minimum Gasteiger partial charge on any atom is -0.481 e. The van der Waals surface area contributed by atoms with Crippen LogP contribution in [-0.4, -0.2) is 11.1 Å². The van der Waals surface area contributed by atoms with Gasteiger partial charge in [0.25, 0.3) is 0 Å². The summed E-state index contributed by atoms with van der Waals surface area (Å²) < 4.78 is 0. The van der Waals surface area contributed by atoms with Crippen LogP contribution < -0.4 is 0 Å². The lowest BCUT2D eigenvalue weighted by Gasteiger charge is -2.62. The molecule has 4 aliphatic rings. The van der Waals surface area contributed by atoms with E-state index in [1.165, 1.54) is 24.8 Å². The van der Waals surface area contributed by atoms with E-state index >= 15 is 0 Å². The van der Waals surface area contributed by atoms with E-state index in [1.807, 2.05) is 0 Å². The van der Waals surface area contributed by atoms with Gasteiger partial charge in [0.2, 0.25) is 0 Å². The molecule has 0 aromatic heterocycles. The maximum absolute atomic E-state index is 11.3. The predicted octanol–water partition coefficient (Wildman–Crippen LogP) is 4.00. The van der Waals surface area contributed by atoms with Crippen molar-refractivity contribution in [3.63, 3.8) is 0 Å². The number of benzene rings is 1. The van der Waals surface area contributed by atoms with Crippen molar-refractivity contribution in [2.45, 2.75) is 50.4 Å². The normalized spacial score (nSPS) is 41.8. The molecule has 0 radical (unpaired) electrons. The molecule has 0 spiro atoms. The van der Waals surface area contributed by atoms with Crippen molar-refractivity contribution in [1.82, 2.24) is 0 Å². The SMILES string of the molecule is O=C(O)CC12C[C@@H]3C[C@@H](C1)CC(c1ccccc1)(C3)C2. The second-order valence-corrected chi connectivity index (χ2v) is 7.68. The molecule has 5 rings (SSSR count). The molecule has 0 aliphatic heterocycles. The van der Waals surface area contributed by atoms with Crippen LogP contribution in [0.5, 0.6) is 0 Å². The first kappa shape index (κ1) is 12.4. The fraction of sp³-hybridized carbons (Fsp3) is 0.611. The summed E-state index contributed by atoms with van der Waals surface area (Å²) in [5, 5.41) is 9.33. The lowest BCUT2D eigenvalue weighted by Crippen LogP contribution is -2.54. The molecule has 0 amide bonds. The first-order chi connectivity index (χ1) is 9.59. The molecule has 106 valence electrons. The van der Waals surface area contributed by atoms with Crippen LogP contribution in [0, 0.1) is 17.3 Å². The Kier molecular flexibility index (Phi) is 2.55. The topological polar surface area (TPSA) is 37.3 Å². The first-order valence-corrected chi connectivity index (χ1v) is 7.87. The summed E-state index contributed by atoms with van der Waals surface area (Å²) in [5.41, 5.74) is 1.83. The molecule has 0 saturated heterocycles. The highest BCUT2D eigenvalue weighted by atomic mass is 16.4. The molecule has 1 aromatic carbocycles. The molecule has 4 aliphatic carbocycles. The van der Waals surface area contributed by atoms with E-state index in [4.69, 9.17) is 0 Å². The third-order valence-electron chi connectivity index (χ3n) is 6.09. The quantitative estimate of drug-likeness (QED) is 0.901. The monoisotopic (exact) mass is 270 g/mol. The van der Waals surface area contributed by atoms with Crippen LogP contribution in [0.4, 0.5) is 0 Å². The summed E-state index contributed by atoms with van der Waals surface area (Å²) >= 11 is 0. The van der Waals surface area contributed by atoms with Gasteiger partial charge in [-0.2, -0.15) is 0 Å². The average molecular weight is 270 g/mol. The number of aliphatic carboxylic acids is 1. The molecular weight excluding hydrogens is 248 g/mol. The largest absolute Gasteiger partial charge is 0.481 e. The highest BCUT2D eigenvalue weighted by molar-refractivity contribution is 5.68. The zero-order valence-corrected chi connectivity index (χ0v) is 11.8. The summed E-state index contributed by atoms with van der Waals surface area (Å²) in [4.78, 5) is 11.3. The Morgan fingerprint density at radius 1 is 1.10 bits per heavy atom. The highest BCUT2D eigenvalue weighted by Crippen LogP contribution is 2.66. The Hall–Kier alpha value is -1.31. The van der Waals surface area contributed by atoms with Gasteiger partial charge in [-0.1, -0.05) is 30.3 Å². The molecule has 1 N–H and O–H groups in total. The van der Waals surface area contributed by atoms with E-state index < -0.39 is 5.97 Å². The number of hydrogen-bond acceptors (Lipinski definition) is 1.